The van der Waals surface area contributed by atoms with Gasteiger partial charge in [-0.25, -0.2) is 13.8 Å². The molecule has 1 aromatic heterocycles. The molecule has 0 saturated heterocycles. The highest BCUT2D eigenvalue weighted by molar-refractivity contribution is 5.75. The SMILES string of the molecule is CC(NCCn1cnc2cc(F)c(F)cc21)C1CC1. The van der Waals surface area contributed by atoms with Crippen LogP contribution in [-0.4, -0.2) is 22.1 Å². The molecule has 0 bridgehead atoms. The van der Waals surface area contributed by atoms with Gasteiger partial charge in [-0.3, -0.25) is 0 Å². The lowest BCUT2D eigenvalue weighted by atomic mass is 10.2. The number of hydrogen-bond acceptors (Lipinski definition) is 2. The van der Waals surface area contributed by atoms with Gasteiger partial charge in [0, 0.05) is 31.3 Å². The van der Waals surface area contributed by atoms with Crippen LogP contribution in [0.5, 0.6) is 0 Å². The second-order valence-corrected chi connectivity index (χ2v) is 5.27. The Hall–Kier alpha value is -1.49. The third kappa shape index (κ3) is 2.61. The van der Waals surface area contributed by atoms with Crippen LogP contribution in [0.4, 0.5) is 8.78 Å². The minimum absolute atomic E-state index is 0.495. The summed E-state index contributed by atoms with van der Waals surface area (Å²) in [5, 5.41) is 3.46. The van der Waals surface area contributed by atoms with E-state index in [0.717, 1.165) is 18.5 Å². The number of fused-ring (bicyclic) bond motifs is 1. The molecule has 1 aromatic carbocycles. The molecule has 1 aliphatic rings. The van der Waals surface area contributed by atoms with E-state index >= 15 is 0 Å². The van der Waals surface area contributed by atoms with Crippen molar-refractivity contribution in [2.75, 3.05) is 6.54 Å². The zero-order valence-corrected chi connectivity index (χ0v) is 10.9. The Balaban J connectivity index is 1.68. The molecule has 5 heteroatoms. The van der Waals surface area contributed by atoms with Gasteiger partial charge in [-0.15, -0.1) is 0 Å². The van der Waals surface area contributed by atoms with Crippen molar-refractivity contribution in [2.24, 2.45) is 5.92 Å². The van der Waals surface area contributed by atoms with Gasteiger partial charge in [-0.1, -0.05) is 0 Å². The first-order valence-corrected chi connectivity index (χ1v) is 6.68. The summed E-state index contributed by atoms with van der Waals surface area (Å²) in [5.41, 5.74) is 1.13. The average molecular weight is 265 g/mol. The quantitative estimate of drug-likeness (QED) is 0.900. The predicted octanol–water partition coefficient (Wildman–Crippen LogP) is 2.70. The van der Waals surface area contributed by atoms with E-state index in [0.29, 0.717) is 23.6 Å². The number of nitrogens with zero attached hydrogens (tertiary/aromatic N) is 2. The van der Waals surface area contributed by atoms with Crippen molar-refractivity contribution in [1.29, 1.82) is 0 Å². The predicted molar refractivity (Wildman–Crippen MR) is 69.8 cm³/mol. The van der Waals surface area contributed by atoms with Gasteiger partial charge in [0.2, 0.25) is 0 Å². The van der Waals surface area contributed by atoms with Crippen LogP contribution < -0.4 is 5.32 Å². The van der Waals surface area contributed by atoms with Gasteiger partial charge in [0.15, 0.2) is 11.6 Å². The Bertz CT molecular complexity index is 590. The number of imidazole rings is 1. The third-order valence-corrected chi connectivity index (χ3v) is 3.81. The molecule has 1 fully saturated rings. The lowest BCUT2D eigenvalue weighted by molar-refractivity contribution is 0.477. The largest absolute Gasteiger partial charge is 0.329 e. The monoisotopic (exact) mass is 265 g/mol. The van der Waals surface area contributed by atoms with Crippen LogP contribution in [0.1, 0.15) is 19.8 Å². The Morgan fingerprint density at radius 1 is 1.37 bits per heavy atom. The van der Waals surface area contributed by atoms with Crippen molar-refractivity contribution in [3.05, 3.63) is 30.1 Å². The van der Waals surface area contributed by atoms with Gasteiger partial charge in [-0.05, 0) is 25.7 Å². The standard InChI is InChI=1S/C14H17F2N3/c1-9(10-2-3-10)17-4-5-19-8-18-13-6-11(15)12(16)7-14(13)19/h6-10,17H,2-5H2,1H3. The van der Waals surface area contributed by atoms with E-state index in [2.05, 4.69) is 17.2 Å². The van der Waals surface area contributed by atoms with E-state index in [1.807, 2.05) is 4.57 Å². The summed E-state index contributed by atoms with van der Waals surface area (Å²) in [7, 11) is 0. The van der Waals surface area contributed by atoms with Gasteiger partial charge in [-0.2, -0.15) is 0 Å². The summed E-state index contributed by atoms with van der Waals surface area (Å²) in [4.78, 5) is 4.09. The topological polar surface area (TPSA) is 29.9 Å². The fourth-order valence-electron chi connectivity index (χ4n) is 2.41. The van der Waals surface area contributed by atoms with Crippen molar-refractivity contribution in [3.8, 4) is 0 Å². The second-order valence-electron chi connectivity index (χ2n) is 5.27. The first kappa shape index (κ1) is 12.5. The normalized spacial score (nSPS) is 17.0. The summed E-state index contributed by atoms with van der Waals surface area (Å²) in [6.07, 6.45) is 4.26. The minimum atomic E-state index is -0.849. The van der Waals surface area contributed by atoms with Crippen molar-refractivity contribution >= 4 is 11.0 Å². The molecule has 1 unspecified atom stereocenters. The Kier molecular flexibility index (Phi) is 3.22. The molecule has 19 heavy (non-hydrogen) atoms. The van der Waals surface area contributed by atoms with Crippen LogP contribution >= 0.6 is 0 Å². The number of aromatic nitrogens is 2. The first-order valence-electron chi connectivity index (χ1n) is 6.68. The molecule has 0 aliphatic heterocycles. The van der Waals surface area contributed by atoms with E-state index in [1.165, 1.54) is 18.9 Å². The third-order valence-electron chi connectivity index (χ3n) is 3.81. The van der Waals surface area contributed by atoms with Crippen LogP contribution in [0, 0.1) is 17.6 Å². The molecule has 1 N–H and O–H groups in total. The van der Waals surface area contributed by atoms with E-state index < -0.39 is 11.6 Å². The molecule has 102 valence electrons. The summed E-state index contributed by atoms with van der Waals surface area (Å²) in [5.74, 6) is -0.863. The number of nitrogens with one attached hydrogen (secondary N) is 1. The van der Waals surface area contributed by atoms with Gasteiger partial charge < -0.3 is 9.88 Å². The fourth-order valence-corrected chi connectivity index (χ4v) is 2.41. The van der Waals surface area contributed by atoms with Crippen LogP contribution in [0.15, 0.2) is 18.5 Å². The Morgan fingerprint density at radius 2 is 2.11 bits per heavy atom. The summed E-state index contributed by atoms with van der Waals surface area (Å²) in [6, 6.07) is 2.88. The second kappa shape index (κ2) is 4.89. The lowest BCUT2D eigenvalue weighted by Crippen LogP contribution is -2.30. The molecule has 1 atom stereocenters. The Morgan fingerprint density at radius 3 is 2.84 bits per heavy atom. The van der Waals surface area contributed by atoms with Crippen LogP contribution in [-0.2, 0) is 6.54 Å². The molecular weight excluding hydrogens is 248 g/mol. The van der Waals surface area contributed by atoms with E-state index in [9.17, 15) is 8.78 Å². The first-order chi connectivity index (χ1) is 9.15. The zero-order chi connectivity index (χ0) is 13.4. The van der Waals surface area contributed by atoms with E-state index in [1.54, 1.807) is 6.33 Å². The maximum Gasteiger partial charge on any atom is 0.161 e. The molecule has 1 aliphatic carbocycles. The maximum absolute atomic E-state index is 13.2. The smallest absolute Gasteiger partial charge is 0.161 e. The van der Waals surface area contributed by atoms with Crippen LogP contribution in [0.3, 0.4) is 0 Å². The molecule has 1 saturated carbocycles. The highest BCUT2D eigenvalue weighted by Crippen LogP contribution is 2.32. The van der Waals surface area contributed by atoms with E-state index in [-0.39, 0.29) is 0 Å². The maximum atomic E-state index is 13.2. The van der Waals surface area contributed by atoms with Crippen molar-refractivity contribution < 1.29 is 8.78 Å². The molecule has 0 amide bonds. The van der Waals surface area contributed by atoms with Crippen molar-refractivity contribution in [3.63, 3.8) is 0 Å². The lowest BCUT2D eigenvalue weighted by Gasteiger charge is -2.13. The van der Waals surface area contributed by atoms with Crippen LogP contribution in [0.25, 0.3) is 11.0 Å². The molecule has 2 aromatic rings. The van der Waals surface area contributed by atoms with Crippen molar-refractivity contribution in [2.45, 2.75) is 32.4 Å². The summed E-state index contributed by atoms with van der Waals surface area (Å²) >= 11 is 0. The molecule has 1 heterocycles. The number of rotatable bonds is 5. The van der Waals surface area contributed by atoms with Crippen molar-refractivity contribution in [1.82, 2.24) is 14.9 Å². The molecular formula is C14H17F2N3. The molecule has 0 spiro atoms. The minimum Gasteiger partial charge on any atom is -0.329 e. The van der Waals surface area contributed by atoms with Gasteiger partial charge in [0.1, 0.15) is 0 Å². The summed E-state index contributed by atoms with van der Waals surface area (Å²) < 4.78 is 28.2. The van der Waals surface area contributed by atoms with Crippen LogP contribution in [0.2, 0.25) is 0 Å². The molecule has 3 rings (SSSR count). The highest BCUT2D eigenvalue weighted by Gasteiger charge is 2.27. The fraction of sp³-hybridized carbons (Fsp3) is 0.500. The van der Waals surface area contributed by atoms with E-state index in [4.69, 9.17) is 0 Å². The number of halogens is 2. The average Bonchev–Trinajstić information content (AvgIpc) is 3.16. The highest BCUT2D eigenvalue weighted by atomic mass is 19.2. The number of benzene rings is 1. The summed E-state index contributed by atoms with van der Waals surface area (Å²) in [6.45, 7) is 3.71. The molecule has 0 radical (unpaired) electrons. The number of hydrogen-bond donors (Lipinski definition) is 1. The zero-order valence-electron chi connectivity index (χ0n) is 10.9. The van der Waals surface area contributed by atoms with Gasteiger partial charge >= 0.3 is 0 Å². The van der Waals surface area contributed by atoms with Gasteiger partial charge in [0.25, 0.3) is 0 Å². The van der Waals surface area contributed by atoms with Gasteiger partial charge in [0.05, 0.1) is 17.4 Å². The molecule has 3 nitrogen and oxygen atoms in total. The Labute approximate surface area is 110 Å².